The van der Waals surface area contributed by atoms with E-state index in [1.165, 1.54) is 4.90 Å². The Morgan fingerprint density at radius 2 is 1.95 bits per heavy atom. The molecule has 104 valence electrons. The number of carbonyl (C=O) groups is 2. The van der Waals surface area contributed by atoms with Gasteiger partial charge in [0.15, 0.2) is 0 Å². The number of nitrogens with zero attached hydrogens (tertiary/aromatic N) is 2. The first-order valence-corrected chi connectivity index (χ1v) is 7.03. The maximum absolute atomic E-state index is 12.4. The van der Waals surface area contributed by atoms with Crippen LogP contribution in [0, 0.1) is 16.7 Å². The summed E-state index contributed by atoms with van der Waals surface area (Å²) < 4.78 is 0. The highest BCUT2D eigenvalue weighted by atomic mass is 16.2. The molecule has 2 amide bonds. The summed E-state index contributed by atoms with van der Waals surface area (Å²) in [6.07, 6.45) is 6.23. The maximum atomic E-state index is 12.4. The Labute approximate surface area is 113 Å². The van der Waals surface area contributed by atoms with Crippen LogP contribution in [-0.4, -0.2) is 36.3 Å². The molecular weight excluding hydrogens is 242 g/mol. The molecule has 0 saturated heterocycles. The quantitative estimate of drug-likeness (QED) is 0.828. The average molecular weight is 263 g/mol. The van der Waals surface area contributed by atoms with E-state index in [-0.39, 0.29) is 18.4 Å². The molecule has 1 N–H and O–H groups in total. The van der Waals surface area contributed by atoms with Crippen molar-refractivity contribution in [1.29, 1.82) is 5.26 Å². The van der Waals surface area contributed by atoms with Crippen LogP contribution >= 0.6 is 0 Å². The Morgan fingerprint density at radius 1 is 1.32 bits per heavy atom. The number of hydrogen-bond acceptors (Lipinski definition) is 3. The van der Waals surface area contributed by atoms with E-state index in [4.69, 9.17) is 0 Å². The largest absolute Gasteiger partial charge is 0.352 e. The highest BCUT2D eigenvalue weighted by molar-refractivity contribution is 5.89. The highest BCUT2D eigenvalue weighted by Gasteiger charge is 2.42. The summed E-state index contributed by atoms with van der Waals surface area (Å²) in [5.41, 5.74) is -0.896. The molecule has 0 aromatic rings. The number of nitrogens with one attached hydrogen (secondary N) is 1. The topological polar surface area (TPSA) is 73.2 Å². The zero-order chi connectivity index (χ0) is 13.9. The lowest BCUT2D eigenvalue weighted by Gasteiger charge is -2.32. The molecular formula is C14H21N3O2. The van der Waals surface area contributed by atoms with Gasteiger partial charge in [-0.25, -0.2) is 0 Å². The third-order valence-corrected chi connectivity index (χ3v) is 4.00. The Hall–Kier alpha value is -1.57. The summed E-state index contributed by atoms with van der Waals surface area (Å²) in [5, 5.41) is 12.2. The van der Waals surface area contributed by atoms with Gasteiger partial charge in [0.25, 0.3) is 0 Å². The van der Waals surface area contributed by atoms with Crippen molar-refractivity contribution in [2.75, 3.05) is 13.6 Å². The van der Waals surface area contributed by atoms with E-state index < -0.39 is 5.41 Å². The molecule has 0 atom stereocenters. The Bertz CT molecular complexity index is 403. The smallest absolute Gasteiger partial charge is 0.243 e. The summed E-state index contributed by atoms with van der Waals surface area (Å²) in [6, 6.07) is 2.50. The standard InChI is InChI=1S/C14H21N3O2/c1-17(9-12(18)16-11-5-6-11)13(19)14(10-15)7-3-2-4-8-14/h11H,2-9H2,1H3,(H,16,18). The van der Waals surface area contributed by atoms with Crippen LogP contribution in [0.3, 0.4) is 0 Å². The number of nitriles is 1. The van der Waals surface area contributed by atoms with E-state index in [0.717, 1.165) is 32.1 Å². The van der Waals surface area contributed by atoms with Crippen LogP contribution in [0.2, 0.25) is 0 Å². The molecule has 2 rings (SSSR count). The Balaban J connectivity index is 1.92. The van der Waals surface area contributed by atoms with Crippen LogP contribution < -0.4 is 5.32 Å². The number of amides is 2. The zero-order valence-corrected chi connectivity index (χ0v) is 11.4. The highest BCUT2D eigenvalue weighted by Crippen LogP contribution is 2.37. The van der Waals surface area contributed by atoms with Crippen molar-refractivity contribution >= 4 is 11.8 Å². The molecule has 0 aromatic heterocycles. The van der Waals surface area contributed by atoms with Gasteiger partial charge >= 0.3 is 0 Å². The Morgan fingerprint density at radius 3 is 2.47 bits per heavy atom. The van der Waals surface area contributed by atoms with Gasteiger partial charge in [-0.15, -0.1) is 0 Å². The van der Waals surface area contributed by atoms with Crippen LogP contribution in [0.25, 0.3) is 0 Å². The van der Waals surface area contributed by atoms with Crippen LogP contribution in [0.1, 0.15) is 44.9 Å². The molecule has 0 radical (unpaired) electrons. The number of hydrogen-bond donors (Lipinski definition) is 1. The van der Waals surface area contributed by atoms with E-state index in [0.29, 0.717) is 18.9 Å². The Kier molecular flexibility index (Phi) is 4.08. The van der Waals surface area contributed by atoms with Crippen molar-refractivity contribution < 1.29 is 9.59 Å². The molecule has 0 aromatic carbocycles. The van der Waals surface area contributed by atoms with Crippen LogP contribution in [0.4, 0.5) is 0 Å². The SMILES string of the molecule is CN(CC(=O)NC1CC1)C(=O)C1(C#N)CCCCC1. The monoisotopic (exact) mass is 263 g/mol. The summed E-state index contributed by atoms with van der Waals surface area (Å²) in [5.74, 6) is -0.317. The van der Waals surface area contributed by atoms with Gasteiger partial charge in [0, 0.05) is 13.1 Å². The molecule has 2 aliphatic carbocycles. The lowest BCUT2D eigenvalue weighted by atomic mass is 9.74. The van der Waals surface area contributed by atoms with Gasteiger partial charge in [-0.3, -0.25) is 9.59 Å². The minimum Gasteiger partial charge on any atom is -0.352 e. The molecule has 0 bridgehead atoms. The number of rotatable bonds is 4. The van der Waals surface area contributed by atoms with Crippen LogP contribution in [-0.2, 0) is 9.59 Å². The van der Waals surface area contributed by atoms with Gasteiger partial charge in [-0.05, 0) is 25.7 Å². The van der Waals surface area contributed by atoms with Crippen LogP contribution in [0.5, 0.6) is 0 Å². The first kappa shape index (κ1) is 13.9. The average Bonchev–Trinajstić information content (AvgIpc) is 3.22. The van der Waals surface area contributed by atoms with Crippen molar-refractivity contribution in [3.05, 3.63) is 0 Å². The van der Waals surface area contributed by atoms with Gasteiger partial charge in [-0.1, -0.05) is 19.3 Å². The summed E-state index contributed by atoms with van der Waals surface area (Å²) in [7, 11) is 1.61. The van der Waals surface area contributed by atoms with Crippen molar-refractivity contribution in [2.45, 2.75) is 51.0 Å². The maximum Gasteiger partial charge on any atom is 0.243 e. The van der Waals surface area contributed by atoms with Gasteiger partial charge < -0.3 is 10.2 Å². The number of carbonyl (C=O) groups excluding carboxylic acids is 2. The third kappa shape index (κ3) is 3.25. The van der Waals surface area contributed by atoms with Crippen molar-refractivity contribution in [3.8, 4) is 6.07 Å². The lowest BCUT2D eigenvalue weighted by molar-refractivity contribution is -0.142. The minimum atomic E-state index is -0.896. The molecule has 2 aliphatic rings. The molecule has 5 nitrogen and oxygen atoms in total. The molecule has 5 heteroatoms. The van der Waals surface area contributed by atoms with E-state index in [9.17, 15) is 14.9 Å². The van der Waals surface area contributed by atoms with Gasteiger partial charge in [-0.2, -0.15) is 5.26 Å². The van der Waals surface area contributed by atoms with E-state index >= 15 is 0 Å². The summed E-state index contributed by atoms with van der Waals surface area (Å²) in [6.45, 7) is 0.0543. The first-order valence-electron chi connectivity index (χ1n) is 7.03. The minimum absolute atomic E-state index is 0.0543. The second-order valence-corrected chi connectivity index (χ2v) is 5.76. The van der Waals surface area contributed by atoms with Crippen LogP contribution in [0.15, 0.2) is 0 Å². The summed E-state index contributed by atoms with van der Waals surface area (Å²) >= 11 is 0. The molecule has 0 unspecified atom stereocenters. The zero-order valence-electron chi connectivity index (χ0n) is 11.4. The second-order valence-electron chi connectivity index (χ2n) is 5.76. The lowest BCUT2D eigenvalue weighted by Crippen LogP contribution is -2.46. The predicted octanol–water partition coefficient (Wildman–Crippen LogP) is 1.20. The van der Waals surface area contributed by atoms with E-state index in [1.807, 2.05) is 0 Å². The first-order chi connectivity index (χ1) is 9.07. The van der Waals surface area contributed by atoms with Gasteiger partial charge in [0.2, 0.25) is 11.8 Å². The molecule has 0 aliphatic heterocycles. The van der Waals surface area contributed by atoms with Gasteiger partial charge in [0.05, 0.1) is 12.6 Å². The molecule has 0 spiro atoms. The fraction of sp³-hybridized carbons (Fsp3) is 0.786. The predicted molar refractivity (Wildman–Crippen MR) is 69.9 cm³/mol. The fourth-order valence-electron chi connectivity index (χ4n) is 2.68. The van der Waals surface area contributed by atoms with Crippen molar-refractivity contribution in [1.82, 2.24) is 10.2 Å². The molecule has 2 saturated carbocycles. The molecule has 19 heavy (non-hydrogen) atoms. The normalized spacial score (nSPS) is 21.3. The second kappa shape index (κ2) is 5.60. The van der Waals surface area contributed by atoms with E-state index in [1.54, 1.807) is 7.05 Å². The molecule has 2 fully saturated rings. The van der Waals surface area contributed by atoms with Crippen molar-refractivity contribution in [3.63, 3.8) is 0 Å². The summed E-state index contributed by atoms with van der Waals surface area (Å²) in [4.78, 5) is 25.5. The third-order valence-electron chi connectivity index (χ3n) is 4.00. The van der Waals surface area contributed by atoms with E-state index in [2.05, 4.69) is 11.4 Å². The fourth-order valence-corrected chi connectivity index (χ4v) is 2.68. The molecule has 0 heterocycles. The number of likely N-dealkylation sites (N-methyl/N-ethyl adjacent to an activating group) is 1. The van der Waals surface area contributed by atoms with Gasteiger partial charge in [0.1, 0.15) is 5.41 Å². The van der Waals surface area contributed by atoms with Crippen molar-refractivity contribution in [2.24, 2.45) is 5.41 Å².